The van der Waals surface area contributed by atoms with Crippen LogP contribution in [-0.4, -0.2) is 58.2 Å². The Hall–Kier alpha value is -6.32. The number of nitrogens with zero attached hydrogens (tertiary/aromatic N) is 4. The number of carbonyl (C=O) groups is 1. The molecular formula is C41H40F2N8O4S. The summed E-state index contributed by atoms with van der Waals surface area (Å²) in [7, 11) is -4.13. The number of hydrogen-bond donors (Lipinski definition) is 4. The molecule has 12 nitrogen and oxygen atoms in total. The second kappa shape index (κ2) is 16.6. The van der Waals surface area contributed by atoms with Crippen LogP contribution in [0.5, 0.6) is 5.75 Å². The first kappa shape index (κ1) is 39.4. The summed E-state index contributed by atoms with van der Waals surface area (Å²) < 4.78 is 60.1. The van der Waals surface area contributed by atoms with E-state index in [1.165, 1.54) is 69.0 Å². The highest BCUT2D eigenvalue weighted by Crippen LogP contribution is 2.36. The summed E-state index contributed by atoms with van der Waals surface area (Å²) in [6, 6.07) is 23.3. The molecule has 0 bridgehead atoms. The van der Waals surface area contributed by atoms with Gasteiger partial charge in [-0.1, -0.05) is 60.7 Å². The van der Waals surface area contributed by atoms with Crippen LogP contribution in [0.2, 0.25) is 0 Å². The van der Waals surface area contributed by atoms with Gasteiger partial charge in [-0.05, 0) is 68.6 Å². The first-order valence-electron chi connectivity index (χ1n) is 17.6. The molecule has 0 radical (unpaired) electrons. The number of carbonyl (C=O) groups excluding carboxylic acids is 1. The third-order valence-electron chi connectivity index (χ3n) is 9.40. The monoisotopic (exact) mass is 778 g/mol. The van der Waals surface area contributed by atoms with E-state index in [0.29, 0.717) is 22.3 Å². The number of halogens is 2. The van der Waals surface area contributed by atoms with E-state index < -0.39 is 26.3 Å². The molecule has 1 amide bonds. The molecule has 2 aromatic heterocycles. The summed E-state index contributed by atoms with van der Waals surface area (Å²) in [5, 5.41) is 3.35. The minimum Gasteiger partial charge on any atom is -0.488 e. The summed E-state index contributed by atoms with van der Waals surface area (Å²) in [4.78, 5) is 27.2. The minimum atomic E-state index is -4.13. The molecule has 288 valence electrons. The van der Waals surface area contributed by atoms with E-state index in [0.717, 1.165) is 42.8 Å². The number of anilines is 2. The Kier molecular flexibility index (Phi) is 11.7. The number of para-hydroxylation sites is 1. The summed E-state index contributed by atoms with van der Waals surface area (Å²) in [5.41, 5.74) is 20.2. The van der Waals surface area contributed by atoms with Crippen molar-refractivity contribution < 1.29 is 26.7 Å². The first-order valence-corrected chi connectivity index (χ1v) is 19.1. The first-order chi connectivity index (χ1) is 26.8. The SMILES string of the molecule is CC(C)(C(N)=O)S(=O)(=O)c1ccccc1-c1ccc(-c2cnc(N)nc2)c(F)c1.Nc1ncc(-c2ccc(-c3ccccc3O[C@@H]3CCCNC3)cc2F)cn1. The van der Waals surface area contributed by atoms with Crippen molar-refractivity contribution in [2.45, 2.75) is 42.4 Å². The van der Waals surface area contributed by atoms with Crippen molar-refractivity contribution in [2.24, 2.45) is 5.73 Å². The molecule has 15 heteroatoms. The van der Waals surface area contributed by atoms with Gasteiger partial charge in [0.05, 0.1) is 4.90 Å². The molecule has 1 aliphatic rings. The van der Waals surface area contributed by atoms with Crippen molar-refractivity contribution in [3.8, 4) is 50.3 Å². The molecule has 56 heavy (non-hydrogen) atoms. The van der Waals surface area contributed by atoms with E-state index in [9.17, 15) is 22.0 Å². The summed E-state index contributed by atoms with van der Waals surface area (Å²) in [6.45, 7) is 4.35. The quantitative estimate of drug-likeness (QED) is 0.130. The Labute approximate surface area is 323 Å². The number of nitrogen functional groups attached to an aromatic ring is 2. The second-order valence-electron chi connectivity index (χ2n) is 13.5. The molecule has 1 aliphatic heterocycles. The fourth-order valence-corrected chi connectivity index (χ4v) is 7.59. The van der Waals surface area contributed by atoms with E-state index in [1.807, 2.05) is 30.3 Å². The number of ether oxygens (including phenoxy) is 1. The van der Waals surface area contributed by atoms with Gasteiger partial charge in [0.25, 0.3) is 0 Å². The molecule has 0 spiro atoms. The van der Waals surface area contributed by atoms with E-state index in [4.69, 9.17) is 21.9 Å². The van der Waals surface area contributed by atoms with Gasteiger partial charge in [-0.2, -0.15) is 0 Å². The van der Waals surface area contributed by atoms with Crippen LogP contribution in [-0.2, 0) is 14.6 Å². The number of primary amides is 1. The zero-order valence-corrected chi connectivity index (χ0v) is 31.4. The molecule has 0 unspecified atom stereocenters. The van der Waals surface area contributed by atoms with Gasteiger partial charge in [-0.3, -0.25) is 4.79 Å². The van der Waals surface area contributed by atoms with Crippen molar-refractivity contribution >= 4 is 27.6 Å². The molecule has 7 N–H and O–H groups in total. The normalized spacial score (nSPS) is 14.3. The maximum Gasteiger partial charge on any atom is 0.238 e. The van der Waals surface area contributed by atoms with Crippen LogP contribution in [0.15, 0.2) is 115 Å². The smallest absolute Gasteiger partial charge is 0.238 e. The van der Waals surface area contributed by atoms with Gasteiger partial charge < -0.3 is 27.3 Å². The predicted molar refractivity (Wildman–Crippen MR) is 212 cm³/mol. The summed E-state index contributed by atoms with van der Waals surface area (Å²) >= 11 is 0. The Balaban J connectivity index is 0.000000190. The lowest BCUT2D eigenvalue weighted by Gasteiger charge is -2.25. The number of nitrogens with one attached hydrogen (secondary N) is 1. The molecule has 4 aromatic carbocycles. The topological polar surface area (TPSA) is 202 Å². The molecule has 0 saturated carbocycles. The standard InChI is InChI=1S/C21H21FN4O.C20H19FN4O3S/c22-19-10-14(7-8-17(19)15-11-25-21(23)26-12-15)18-5-1-2-6-20(18)27-16-4-3-9-24-13-16;1-20(2,18(22)26)29(27,28)17-6-4-3-5-15(17)12-7-8-14(16(21)9-12)13-10-24-19(23)25-11-13/h1-2,5-8,10-12,16,24H,3-4,9,13H2,(H2,23,25,26);3-11H,1-2H3,(H2,22,26)(H2,23,24,25)/t16-;/m1./s1. The van der Waals surface area contributed by atoms with Gasteiger partial charge in [0.1, 0.15) is 28.2 Å². The highest BCUT2D eigenvalue weighted by atomic mass is 32.2. The third kappa shape index (κ3) is 8.48. The zero-order valence-electron chi connectivity index (χ0n) is 30.6. The highest BCUT2D eigenvalue weighted by Gasteiger charge is 2.42. The Morgan fingerprint density at radius 1 is 0.732 bits per heavy atom. The average molecular weight is 779 g/mol. The maximum absolute atomic E-state index is 14.8. The number of aromatic nitrogens is 4. The van der Waals surface area contributed by atoms with E-state index in [-0.39, 0.29) is 39.8 Å². The van der Waals surface area contributed by atoms with Crippen molar-refractivity contribution in [3.05, 3.63) is 121 Å². The fourth-order valence-electron chi connectivity index (χ4n) is 6.04. The number of rotatable bonds is 9. The highest BCUT2D eigenvalue weighted by molar-refractivity contribution is 7.93. The Morgan fingerprint density at radius 3 is 1.73 bits per heavy atom. The van der Waals surface area contributed by atoms with Gasteiger partial charge in [-0.25, -0.2) is 37.1 Å². The van der Waals surface area contributed by atoms with Gasteiger partial charge in [0.2, 0.25) is 17.8 Å². The molecule has 1 fully saturated rings. The van der Waals surface area contributed by atoms with Crippen molar-refractivity contribution in [1.82, 2.24) is 25.3 Å². The molecule has 6 aromatic rings. The number of hydrogen-bond acceptors (Lipinski definition) is 11. The van der Waals surface area contributed by atoms with Crippen LogP contribution in [0.3, 0.4) is 0 Å². The largest absolute Gasteiger partial charge is 0.488 e. The van der Waals surface area contributed by atoms with Gasteiger partial charge in [0, 0.05) is 64.7 Å². The summed E-state index contributed by atoms with van der Waals surface area (Å²) in [6.07, 6.45) is 8.09. The van der Waals surface area contributed by atoms with E-state index in [2.05, 4.69) is 25.3 Å². The number of sulfone groups is 1. The Bertz CT molecular complexity index is 2460. The molecule has 1 saturated heterocycles. The average Bonchev–Trinajstić information content (AvgIpc) is 3.19. The third-order valence-corrected chi connectivity index (χ3v) is 11.9. The van der Waals surface area contributed by atoms with Crippen molar-refractivity contribution in [1.29, 1.82) is 0 Å². The lowest BCUT2D eigenvalue weighted by atomic mass is 10.00. The van der Waals surface area contributed by atoms with Crippen LogP contribution in [0.4, 0.5) is 20.7 Å². The number of amides is 1. The molecule has 1 atom stereocenters. The van der Waals surface area contributed by atoms with Crippen molar-refractivity contribution in [2.75, 3.05) is 24.6 Å². The number of piperidine rings is 1. The summed E-state index contributed by atoms with van der Waals surface area (Å²) in [5.74, 6) is -0.889. The molecule has 3 heterocycles. The second-order valence-corrected chi connectivity index (χ2v) is 16.0. The lowest BCUT2D eigenvalue weighted by molar-refractivity contribution is -0.119. The van der Waals surface area contributed by atoms with Crippen LogP contribution >= 0.6 is 0 Å². The number of nitrogens with two attached hydrogens (primary N) is 3. The Morgan fingerprint density at radius 2 is 1.23 bits per heavy atom. The van der Waals surface area contributed by atoms with Crippen LogP contribution in [0, 0.1) is 11.6 Å². The number of benzene rings is 4. The van der Waals surface area contributed by atoms with Gasteiger partial charge in [-0.15, -0.1) is 0 Å². The zero-order chi connectivity index (χ0) is 40.0. The van der Waals surface area contributed by atoms with Crippen LogP contribution in [0.1, 0.15) is 26.7 Å². The predicted octanol–water partition coefficient (Wildman–Crippen LogP) is 6.23. The molecule has 0 aliphatic carbocycles. The van der Waals surface area contributed by atoms with E-state index >= 15 is 0 Å². The lowest BCUT2D eigenvalue weighted by Crippen LogP contribution is -2.45. The maximum atomic E-state index is 14.8. The van der Waals surface area contributed by atoms with E-state index in [1.54, 1.807) is 24.3 Å². The van der Waals surface area contributed by atoms with Crippen molar-refractivity contribution in [3.63, 3.8) is 0 Å². The fraction of sp³-hybridized carbons (Fsp3) is 0.195. The van der Waals surface area contributed by atoms with Crippen LogP contribution in [0.25, 0.3) is 44.5 Å². The van der Waals surface area contributed by atoms with Gasteiger partial charge >= 0.3 is 0 Å². The van der Waals surface area contributed by atoms with Crippen LogP contribution < -0.4 is 27.3 Å². The minimum absolute atomic E-state index is 0.0713. The molecular weight excluding hydrogens is 739 g/mol. The molecule has 7 rings (SSSR count). The van der Waals surface area contributed by atoms with Gasteiger partial charge in [0.15, 0.2) is 9.84 Å².